The Labute approximate surface area is 90.9 Å². The predicted octanol–water partition coefficient (Wildman–Crippen LogP) is 3.71. The van der Waals surface area contributed by atoms with E-state index in [4.69, 9.17) is 0 Å². The molecular weight excluding hydrogens is 184 g/mol. The van der Waals surface area contributed by atoms with Gasteiger partial charge in [-0.2, -0.15) is 0 Å². The van der Waals surface area contributed by atoms with E-state index in [1.807, 2.05) is 6.33 Å². The third kappa shape index (κ3) is 1.89. The summed E-state index contributed by atoms with van der Waals surface area (Å²) < 4.78 is 2.28. The maximum Gasteiger partial charge on any atom is 0.0960 e. The molecule has 0 aliphatic rings. The summed E-state index contributed by atoms with van der Waals surface area (Å²) in [5, 5.41) is 0. The fraction of sp³-hybridized carbons (Fsp3) is 0.462. The summed E-state index contributed by atoms with van der Waals surface area (Å²) in [7, 11) is 0. The van der Waals surface area contributed by atoms with Crippen molar-refractivity contribution in [1.29, 1.82) is 0 Å². The fourth-order valence-electron chi connectivity index (χ4n) is 2.04. The van der Waals surface area contributed by atoms with Crippen LogP contribution in [0.4, 0.5) is 0 Å². The first-order valence-corrected chi connectivity index (χ1v) is 5.65. The molecule has 0 saturated heterocycles. The van der Waals surface area contributed by atoms with Crippen molar-refractivity contribution in [2.45, 2.75) is 39.7 Å². The zero-order valence-corrected chi connectivity index (χ0v) is 9.70. The quantitative estimate of drug-likeness (QED) is 0.742. The number of benzene rings is 1. The van der Waals surface area contributed by atoms with Gasteiger partial charge in [0.2, 0.25) is 0 Å². The lowest BCUT2D eigenvalue weighted by molar-refractivity contribution is 0.512. The van der Waals surface area contributed by atoms with E-state index in [1.54, 1.807) is 0 Å². The number of nitrogens with zero attached hydrogens (tertiary/aromatic N) is 2. The number of aromatic nitrogens is 2. The summed E-state index contributed by atoms with van der Waals surface area (Å²) in [6.07, 6.45) is 4.39. The van der Waals surface area contributed by atoms with Gasteiger partial charge in [-0.1, -0.05) is 19.4 Å². The van der Waals surface area contributed by atoms with Gasteiger partial charge in [-0.05, 0) is 38.0 Å². The van der Waals surface area contributed by atoms with E-state index in [2.05, 4.69) is 48.5 Å². The lowest BCUT2D eigenvalue weighted by Crippen LogP contribution is -2.02. The Morgan fingerprint density at radius 2 is 2.20 bits per heavy atom. The molecule has 0 saturated carbocycles. The average Bonchev–Trinajstić information content (AvgIpc) is 2.60. The first-order chi connectivity index (χ1) is 7.22. The van der Waals surface area contributed by atoms with E-state index in [0.29, 0.717) is 6.04 Å². The van der Waals surface area contributed by atoms with Crippen molar-refractivity contribution in [2.75, 3.05) is 0 Å². The Morgan fingerprint density at radius 1 is 1.40 bits per heavy atom. The minimum absolute atomic E-state index is 0.543. The number of aryl methyl sites for hydroxylation is 1. The van der Waals surface area contributed by atoms with Gasteiger partial charge in [-0.3, -0.25) is 0 Å². The van der Waals surface area contributed by atoms with E-state index in [1.165, 1.54) is 23.9 Å². The van der Waals surface area contributed by atoms with Crippen LogP contribution in [-0.4, -0.2) is 9.55 Å². The zero-order valence-electron chi connectivity index (χ0n) is 9.70. The van der Waals surface area contributed by atoms with Crippen molar-refractivity contribution in [3.05, 3.63) is 30.1 Å². The van der Waals surface area contributed by atoms with E-state index in [-0.39, 0.29) is 0 Å². The Kier molecular flexibility index (Phi) is 2.76. The molecule has 0 fully saturated rings. The molecule has 0 aliphatic carbocycles. The van der Waals surface area contributed by atoms with Crippen molar-refractivity contribution in [1.82, 2.24) is 9.55 Å². The zero-order chi connectivity index (χ0) is 10.8. The summed E-state index contributed by atoms with van der Waals surface area (Å²) in [6.45, 7) is 6.61. The third-order valence-corrected chi connectivity index (χ3v) is 2.91. The topological polar surface area (TPSA) is 17.8 Å². The standard InChI is InChI=1S/C13H18N2/c1-4-5-11(3)15-9-14-12-7-6-10(2)8-13(12)15/h6-9,11H,4-5H2,1-3H3. The first kappa shape index (κ1) is 10.2. The molecule has 0 radical (unpaired) electrons. The van der Waals surface area contributed by atoms with E-state index in [9.17, 15) is 0 Å². The van der Waals surface area contributed by atoms with Crippen LogP contribution in [0.25, 0.3) is 11.0 Å². The van der Waals surface area contributed by atoms with E-state index in [0.717, 1.165) is 5.52 Å². The number of hydrogen-bond donors (Lipinski definition) is 0. The van der Waals surface area contributed by atoms with Crippen molar-refractivity contribution in [2.24, 2.45) is 0 Å². The van der Waals surface area contributed by atoms with Crippen LogP contribution < -0.4 is 0 Å². The smallest absolute Gasteiger partial charge is 0.0960 e. The van der Waals surface area contributed by atoms with Gasteiger partial charge in [-0.15, -0.1) is 0 Å². The maximum atomic E-state index is 4.43. The van der Waals surface area contributed by atoms with Gasteiger partial charge < -0.3 is 4.57 Å². The number of imidazole rings is 1. The van der Waals surface area contributed by atoms with Gasteiger partial charge >= 0.3 is 0 Å². The molecule has 2 heteroatoms. The molecule has 2 nitrogen and oxygen atoms in total. The SMILES string of the molecule is CCCC(C)n1cnc2ccc(C)cc21. The molecule has 1 aromatic heterocycles. The van der Waals surface area contributed by atoms with Crippen LogP contribution in [0.1, 0.15) is 38.3 Å². The molecule has 2 rings (SSSR count). The molecule has 2 aromatic rings. The molecular formula is C13H18N2. The monoisotopic (exact) mass is 202 g/mol. The van der Waals surface area contributed by atoms with E-state index < -0.39 is 0 Å². The maximum absolute atomic E-state index is 4.43. The molecule has 1 heterocycles. The molecule has 0 aliphatic heterocycles. The van der Waals surface area contributed by atoms with E-state index >= 15 is 0 Å². The van der Waals surface area contributed by atoms with Crippen LogP contribution in [0.15, 0.2) is 24.5 Å². The second-order valence-electron chi connectivity index (χ2n) is 4.28. The van der Waals surface area contributed by atoms with Gasteiger partial charge in [0.25, 0.3) is 0 Å². The summed E-state index contributed by atoms with van der Waals surface area (Å²) in [4.78, 5) is 4.43. The highest BCUT2D eigenvalue weighted by atomic mass is 15.1. The molecule has 15 heavy (non-hydrogen) atoms. The van der Waals surface area contributed by atoms with Crippen LogP contribution in [-0.2, 0) is 0 Å². The highest BCUT2D eigenvalue weighted by molar-refractivity contribution is 5.76. The Balaban J connectivity index is 2.47. The molecule has 1 unspecified atom stereocenters. The lowest BCUT2D eigenvalue weighted by Gasteiger charge is -2.13. The van der Waals surface area contributed by atoms with Crippen molar-refractivity contribution in [3.63, 3.8) is 0 Å². The summed E-state index contributed by atoms with van der Waals surface area (Å²) in [5.41, 5.74) is 3.66. The van der Waals surface area contributed by atoms with Gasteiger partial charge in [0.1, 0.15) is 0 Å². The third-order valence-electron chi connectivity index (χ3n) is 2.91. The minimum atomic E-state index is 0.543. The minimum Gasteiger partial charge on any atom is -0.328 e. The number of fused-ring (bicyclic) bond motifs is 1. The molecule has 80 valence electrons. The average molecular weight is 202 g/mol. The van der Waals surface area contributed by atoms with Crippen LogP contribution >= 0.6 is 0 Å². The highest BCUT2D eigenvalue weighted by Crippen LogP contribution is 2.21. The fourth-order valence-corrected chi connectivity index (χ4v) is 2.04. The highest BCUT2D eigenvalue weighted by Gasteiger charge is 2.08. The largest absolute Gasteiger partial charge is 0.328 e. The molecule has 0 amide bonds. The molecule has 0 spiro atoms. The lowest BCUT2D eigenvalue weighted by atomic mass is 10.1. The molecule has 1 aromatic carbocycles. The molecule has 0 N–H and O–H groups in total. The second kappa shape index (κ2) is 4.05. The molecule has 1 atom stereocenters. The van der Waals surface area contributed by atoms with Crippen LogP contribution in [0.2, 0.25) is 0 Å². The van der Waals surface area contributed by atoms with Gasteiger partial charge in [0.15, 0.2) is 0 Å². The molecule has 0 bridgehead atoms. The second-order valence-corrected chi connectivity index (χ2v) is 4.28. The van der Waals surface area contributed by atoms with Crippen molar-refractivity contribution < 1.29 is 0 Å². The summed E-state index contributed by atoms with van der Waals surface area (Å²) in [6, 6.07) is 6.97. The normalized spacial score (nSPS) is 13.3. The van der Waals surface area contributed by atoms with Gasteiger partial charge in [0.05, 0.1) is 17.4 Å². The van der Waals surface area contributed by atoms with Gasteiger partial charge in [0, 0.05) is 6.04 Å². The Morgan fingerprint density at radius 3 is 2.93 bits per heavy atom. The predicted molar refractivity (Wildman–Crippen MR) is 64.1 cm³/mol. The Hall–Kier alpha value is -1.31. The summed E-state index contributed by atoms with van der Waals surface area (Å²) in [5.74, 6) is 0. The Bertz CT molecular complexity index is 457. The van der Waals surface area contributed by atoms with Crippen LogP contribution in [0.5, 0.6) is 0 Å². The van der Waals surface area contributed by atoms with Crippen LogP contribution in [0.3, 0.4) is 0 Å². The number of rotatable bonds is 3. The van der Waals surface area contributed by atoms with Crippen molar-refractivity contribution >= 4 is 11.0 Å². The van der Waals surface area contributed by atoms with Crippen molar-refractivity contribution in [3.8, 4) is 0 Å². The number of hydrogen-bond acceptors (Lipinski definition) is 1. The summed E-state index contributed by atoms with van der Waals surface area (Å²) >= 11 is 0. The van der Waals surface area contributed by atoms with Gasteiger partial charge in [-0.25, -0.2) is 4.98 Å². The van der Waals surface area contributed by atoms with Crippen LogP contribution in [0, 0.1) is 6.92 Å². The first-order valence-electron chi connectivity index (χ1n) is 5.65.